The number of piperidine rings is 1. The topological polar surface area (TPSA) is 32.3 Å². The lowest BCUT2D eigenvalue weighted by Crippen LogP contribution is -2.47. The molecule has 40 heavy (non-hydrogen) atoms. The molecule has 1 amide bonds. The molecule has 3 nitrogen and oxygen atoms in total. The fourth-order valence-electron chi connectivity index (χ4n) is 6.55. The van der Waals surface area contributed by atoms with Crippen LogP contribution in [0.4, 0.5) is 30.7 Å². The Labute approximate surface area is 230 Å². The highest BCUT2D eigenvalue weighted by molar-refractivity contribution is 5.83. The molecule has 3 unspecified atom stereocenters. The van der Waals surface area contributed by atoms with E-state index in [0.29, 0.717) is 36.8 Å². The van der Waals surface area contributed by atoms with Crippen LogP contribution in [0.1, 0.15) is 74.6 Å². The van der Waals surface area contributed by atoms with Crippen LogP contribution in [0.25, 0.3) is 0 Å². The molecule has 0 bridgehead atoms. The van der Waals surface area contributed by atoms with Crippen LogP contribution in [0.5, 0.6) is 0 Å². The Morgan fingerprint density at radius 1 is 1.00 bits per heavy atom. The normalized spacial score (nSPS) is 26.3. The van der Waals surface area contributed by atoms with Gasteiger partial charge < -0.3 is 10.2 Å². The van der Waals surface area contributed by atoms with E-state index in [9.17, 15) is 35.5 Å². The predicted octanol–water partition coefficient (Wildman–Crippen LogP) is 7.80. The monoisotopic (exact) mass is 572 g/mol. The zero-order valence-corrected chi connectivity index (χ0v) is 22.8. The quantitative estimate of drug-likeness (QED) is 0.358. The van der Waals surface area contributed by atoms with Crippen molar-refractivity contribution < 1.29 is 35.5 Å². The SMILES string of the molecule is CC(C)C1(C(=O)NCc2cc(C(F)(F)F)cc(C(F)(F)F)c2)CCC(N2CCC(c3ccc(F)cc3)[C@@H](C)C2)C1. The molecule has 1 heterocycles. The number of likely N-dealkylation sites (tertiary alicyclic amines) is 1. The summed E-state index contributed by atoms with van der Waals surface area (Å²) in [6, 6.07) is 8.16. The van der Waals surface area contributed by atoms with Gasteiger partial charge in [0.15, 0.2) is 0 Å². The van der Waals surface area contributed by atoms with E-state index in [0.717, 1.165) is 31.5 Å². The molecule has 1 aliphatic carbocycles. The van der Waals surface area contributed by atoms with Crippen molar-refractivity contribution in [1.29, 1.82) is 0 Å². The van der Waals surface area contributed by atoms with Gasteiger partial charge in [0.05, 0.1) is 16.5 Å². The first-order chi connectivity index (χ1) is 18.6. The lowest BCUT2D eigenvalue weighted by Gasteiger charge is -2.41. The van der Waals surface area contributed by atoms with Crippen LogP contribution in [-0.4, -0.2) is 29.9 Å². The van der Waals surface area contributed by atoms with Crippen LogP contribution in [-0.2, 0) is 23.7 Å². The van der Waals surface area contributed by atoms with Gasteiger partial charge in [-0.25, -0.2) is 4.39 Å². The molecule has 0 radical (unpaired) electrons. The summed E-state index contributed by atoms with van der Waals surface area (Å²) >= 11 is 0. The highest BCUT2D eigenvalue weighted by atomic mass is 19.4. The third-order valence-electron chi connectivity index (χ3n) is 8.93. The van der Waals surface area contributed by atoms with Gasteiger partial charge in [-0.05, 0) is 91.4 Å². The molecule has 2 aromatic rings. The van der Waals surface area contributed by atoms with Gasteiger partial charge in [0, 0.05) is 19.1 Å². The molecule has 1 N–H and O–H groups in total. The molecule has 2 aromatic carbocycles. The second-order valence-electron chi connectivity index (χ2n) is 11.7. The van der Waals surface area contributed by atoms with E-state index < -0.39 is 35.4 Å². The average molecular weight is 573 g/mol. The minimum atomic E-state index is -4.95. The van der Waals surface area contributed by atoms with Gasteiger partial charge in [0.25, 0.3) is 0 Å². The molecule has 10 heteroatoms. The maximum atomic E-state index is 13.5. The van der Waals surface area contributed by atoms with E-state index in [1.165, 1.54) is 12.1 Å². The Balaban J connectivity index is 1.44. The molecular formula is C30H35F7N2O. The number of alkyl halides is 6. The van der Waals surface area contributed by atoms with Crippen LogP contribution in [0.15, 0.2) is 42.5 Å². The number of carbonyl (C=O) groups excluding carboxylic acids is 1. The first-order valence-electron chi connectivity index (χ1n) is 13.7. The number of carbonyl (C=O) groups is 1. The molecule has 4 rings (SSSR count). The number of hydrogen-bond acceptors (Lipinski definition) is 2. The maximum absolute atomic E-state index is 13.5. The Kier molecular flexibility index (Phi) is 8.60. The lowest BCUT2D eigenvalue weighted by atomic mass is 9.74. The van der Waals surface area contributed by atoms with Crippen molar-refractivity contribution in [2.75, 3.05) is 13.1 Å². The Hall–Kier alpha value is -2.62. The summed E-state index contributed by atoms with van der Waals surface area (Å²) < 4.78 is 92.9. The molecule has 1 saturated heterocycles. The number of nitrogens with one attached hydrogen (secondary N) is 1. The molecule has 0 aromatic heterocycles. The highest BCUT2D eigenvalue weighted by Gasteiger charge is 2.49. The van der Waals surface area contributed by atoms with Gasteiger partial charge in [-0.1, -0.05) is 32.9 Å². The average Bonchev–Trinajstić information content (AvgIpc) is 3.34. The Morgan fingerprint density at radius 3 is 2.12 bits per heavy atom. The summed E-state index contributed by atoms with van der Waals surface area (Å²) in [5.74, 6) is -0.0441. The summed E-state index contributed by atoms with van der Waals surface area (Å²) in [5, 5.41) is 2.66. The van der Waals surface area contributed by atoms with Gasteiger partial charge >= 0.3 is 12.4 Å². The van der Waals surface area contributed by atoms with E-state index in [1.54, 1.807) is 0 Å². The number of hydrogen-bond donors (Lipinski definition) is 1. The van der Waals surface area contributed by atoms with Crippen LogP contribution in [0, 0.1) is 23.1 Å². The zero-order chi connectivity index (χ0) is 29.5. The standard InChI is InChI=1S/C30H35F7N2O/c1-18(2)28(27(40)38-16-20-12-22(29(32,33)34)14-23(13-20)30(35,36)37)10-8-25(15-28)39-11-9-26(19(3)17-39)21-4-6-24(31)7-5-21/h4-7,12-14,18-19,25-26H,8-11,15-17H2,1-3H3,(H,38,40)/t19-,25?,26?,28?/m0/s1. The minimum Gasteiger partial charge on any atom is -0.352 e. The van der Waals surface area contributed by atoms with Crippen LogP contribution in [0.2, 0.25) is 0 Å². The second-order valence-corrected chi connectivity index (χ2v) is 11.7. The largest absolute Gasteiger partial charge is 0.416 e. The molecule has 1 aliphatic heterocycles. The van der Waals surface area contributed by atoms with E-state index >= 15 is 0 Å². The number of nitrogens with zero attached hydrogens (tertiary/aromatic N) is 1. The third kappa shape index (κ3) is 6.47. The van der Waals surface area contributed by atoms with Gasteiger partial charge in [0.2, 0.25) is 5.91 Å². The predicted molar refractivity (Wildman–Crippen MR) is 138 cm³/mol. The zero-order valence-electron chi connectivity index (χ0n) is 22.8. The van der Waals surface area contributed by atoms with Crippen LogP contribution >= 0.6 is 0 Å². The molecule has 1 saturated carbocycles. The van der Waals surface area contributed by atoms with Gasteiger partial charge in [-0.3, -0.25) is 4.79 Å². The number of halogens is 7. The molecule has 220 valence electrons. The van der Waals surface area contributed by atoms with Crippen molar-refractivity contribution in [3.05, 3.63) is 70.5 Å². The summed E-state index contributed by atoms with van der Waals surface area (Å²) in [4.78, 5) is 15.9. The van der Waals surface area contributed by atoms with E-state index in [4.69, 9.17) is 0 Å². The maximum Gasteiger partial charge on any atom is 0.416 e. The molecule has 2 fully saturated rings. The van der Waals surface area contributed by atoms with E-state index in [-0.39, 0.29) is 35.3 Å². The summed E-state index contributed by atoms with van der Waals surface area (Å²) in [6.07, 6.45) is -7.05. The van der Waals surface area contributed by atoms with Crippen molar-refractivity contribution in [3.63, 3.8) is 0 Å². The summed E-state index contributed by atoms with van der Waals surface area (Å²) in [7, 11) is 0. The third-order valence-corrected chi connectivity index (χ3v) is 8.93. The van der Waals surface area contributed by atoms with Crippen LogP contribution < -0.4 is 5.32 Å². The second kappa shape index (κ2) is 11.3. The fraction of sp³-hybridized carbons (Fsp3) is 0.567. The number of rotatable bonds is 6. The van der Waals surface area contributed by atoms with Gasteiger partial charge in [-0.2, -0.15) is 26.3 Å². The summed E-state index contributed by atoms with van der Waals surface area (Å²) in [5.41, 5.74) is -2.70. The van der Waals surface area contributed by atoms with E-state index in [1.807, 2.05) is 26.0 Å². The fourth-order valence-corrected chi connectivity index (χ4v) is 6.55. The molecule has 0 spiro atoms. The first kappa shape index (κ1) is 30.3. The number of amides is 1. The summed E-state index contributed by atoms with van der Waals surface area (Å²) in [6.45, 7) is 7.26. The molecule has 4 atom stereocenters. The number of benzene rings is 2. The highest BCUT2D eigenvalue weighted by Crippen LogP contribution is 2.48. The van der Waals surface area contributed by atoms with Crippen molar-refractivity contribution in [2.24, 2.45) is 17.3 Å². The van der Waals surface area contributed by atoms with Crippen molar-refractivity contribution in [2.45, 2.75) is 77.3 Å². The van der Waals surface area contributed by atoms with Crippen molar-refractivity contribution in [3.8, 4) is 0 Å². The van der Waals surface area contributed by atoms with Crippen LogP contribution in [0.3, 0.4) is 0 Å². The smallest absolute Gasteiger partial charge is 0.352 e. The molecule has 2 aliphatic rings. The van der Waals surface area contributed by atoms with Gasteiger partial charge in [0.1, 0.15) is 5.82 Å². The molecular weight excluding hydrogens is 537 g/mol. The van der Waals surface area contributed by atoms with Crippen molar-refractivity contribution in [1.82, 2.24) is 10.2 Å². The Bertz CT molecular complexity index is 1160. The lowest BCUT2D eigenvalue weighted by molar-refractivity contribution is -0.143. The Morgan fingerprint density at radius 2 is 1.60 bits per heavy atom. The first-order valence-corrected chi connectivity index (χ1v) is 13.7. The van der Waals surface area contributed by atoms with Gasteiger partial charge in [-0.15, -0.1) is 0 Å². The van der Waals surface area contributed by atoms with Crippen molar-refractivity contribution >= 4 is 5.91 Å². The van der Waals surface area contributed by atoms with E-state index in [2.05, 4.69) is 17.1 Å². The minimum absolute atomic E-state index is 0.0704.